The second-order valence-electron chi connectivity index (χ2n) is 4.13. The molecule has 2 aromatic heterocycles. The van der Waals surface area contributed by atoms with E-state index in [1.54, 1.807) is 20.1 Å². The van der Waals surface area contributed by atoms with Crippen molar-refractivity contribution in [3.63, 3.8) is 0 Å². The van der Waals surface area contributed by atoms with Gasteiger partial charge in [0.1, 0.15) is 11.0 Å². The number of aryl methyl sites for hydroxylation is 2. The zero-order valence-electron chi connectivity index (χ0n) is 11.0. The fourth-order valence-electron chi connectivity index (χ4n) is 1.84. The molecule has 7 heteroatoms. The zero-order valence-corrected chi connectivity index (χ0v) is 11.8. The molecule has 0 saturated carbocycles. The van der Waals surface area contributed by atoms with Crippen LogP contribution in [0.5, 0.6) is 0 Å². The summed E-state index contributed by atoms with van der Waals surface area (Å²) < 4.78 is 6.53. The Balaban J connectivity index is 2.55. The number of aliphatic hydroxyl groups excluding tert-OH is 1. The summed E-state index contributed by atoms with van der Waals surface area (Å²) in [5, 5.41) is 14.0. The maximum absolute atomic E-state index is 9.37. The van der Waals surface area contributed by atoms with Crippen LogP contribution in [0.15, 0.2) is 6.07 Å². The molecule has 0 fully saturated rings. The third-order valence-electron chi connectivity index (χ3n) is 2.61. The van der Waals surface area contributed by atoms with E-state index in [1.807, 2.05) is 6.92 Å². The van der Waals surface area contributed by atoms with Gasteiger partial charge in [-0.2, -0.15) is 5.10 Å². The van der Waals surface area contributed by atoms with E-state index in [2.05, 4.69) is 15.1 Å². The van der Waals surface area contributed by atoms with Gasteiger partial charge in [0.05, 0.1) is 18.9 Å². The average Bonchev–Trinajstić information content (AvgIpc) is 2.65. The van der Waals surface area contributed by atoms with Crippen molar-refractivity contribution < 1.29 is 9.84 Å². The van der Waals surface area contributed by atoms with Crippen molar-refractivity contribution >= 4 is 11.6 Å². The molecule has 0 atom stereocenters. The highest BCUT2D eigenvalue weighted by atomic mass is 35.5. The Kier molecular flexibility index (Phi) is 4.14. The Hall–Kier alpha value is -1.50. The summed E-state index contributed by atoms with van der Waals surface area (Å²) in [5.74, 6) is 1.22. The number of hydrogen-bond donors (Lipinski definition) is 1. The van der Waals surface area contributed by atoms with Gasteiger partial charge in [-0.15, -0.1) is 0 Å². The molecular formula is C12H15ClN4O2. The number of hydrogen-bond acceptors (Lipinski definition) is 5. The molecular weight excluding hydrogens is 268 g/mol. The number of rotatable bonds is 4. The Morgan fingerprint density at radius 1 is 1.37 bits per heavy atom. The third kappa shape index (κ3) is 2.75. The fraction of sp³-hybridized carbons (Fsp3) is 0.417. The van der Waals surface area contributed by atoms with Crippen molar-refractivity contribution in [1.29, 1.82) is 0 Å². The largest absolute Gasteiger partial charge is 0.391 e. The molecule has 0 aromatic carbocycles. The van der Waals surface area contributed by atoms with Gasteiger partial charge in [-0.1, -0.05) is 11.6 Å². The predicted molar refractivity (Wildman–Crippen MR) is 70.3 cm³/mol. The minimum absolute atomic E-state index is 0.194. The molecule has 2 rings (SSSR count). The minimum Gasteiger partial charge on any atom is -0.391 e. The summed E-state index contributed by atoms with van der Waals surface area (Å²) in [6, 6.07) is 1.78. The maximum atomic E-state index is 9.37. The average molecular weight is 283 g/mol. The molecule has 0 radical (unpaired) electrons. The third-order valence-corrected chi connectivity index (χ3v) is 3.00. The molecule has 0 bridgehead atoms. The number of ether oxygens (including phenoxy) is 1. The lowest BCUT2D eigenvalue weighted by molar-refractivity contribution is 0.178. The van der Waals surface area contributed by atoms with E-state index in [0.717, 1.165) is 5.69 Å². The van der Waals surface area contributed by atoms with Crippen LogP contribution in [0.1, 0.15) is 22.8 Å². The van der Waals surface area contributed by atoms with Crippen molar-refractivity contribution in [2.75, 3.05) is 7.11 Å². The monoisotopic (exact) mass is 282 g/mol. The highest BCUT2D eigenvalue weighted by Crippen LogP contribution is 2.23. The number of halogens is 1. The number of aromatic nitrogens is 4. The lowest BCUT2D eigenvalue weighted by Crippen LogP contribution is -2.04. The van der Waals surface area contributed by atoms with Crippen LogP contribution in [-0.2, 0) is 18.0 Å². The van der Waals surface area contributed by atoms with Crippen LogP contribution in [0.2, 0.25) is 5.15 Å². The summed E-state index contributed by atoms with van der Waals surface area (Å²) in [6.45, 7) is 3.77. The fourth-order valence-corrected chi connectivity index (χ4v) is 2.13. The van der Waals surface area contributed by atoms with Gasteiger partial charge in [0, 0.05) is 24.4 Å². The van der Waals surface area contributed by atoms with E-state index in [9.17, 15) is 5.11 Å². The first-order valence-corrected chi connectivity index (χ1v) is 6.13. The van der Waals surface area contributed by atoms with Gasteiger partial charge in [0.15, 0.2) is 5.82 Å². The van der Waals surface area contributed by atoms with Crippen LogP contribution < -0.4 is 0 Å². The maximum Gasteiger partial charge on any atom is 0.159 e. The first-order chi connectivity index (χ1) is 9.06. The lowest BCUT2D eigenvalue weighted by atomic mass is 10.3. The first kappa shape index (κ1) is 13.9. The second-order valence-corrected chi connectivity index (χ2v) is 4.49. The standard InChI is InChI=1S/C12H15ClN4O2/c1-7-4-11(15-8(2)14-7)17-12(13)9(5-18)10(16-17)6-19-3/h4,18H,5-6H2,1-3H3. The summed E-state index contributed by atoms with van der Waals surface area (Å²) in [4.78, 5) is 8.50. The molecule has 102 valence electrons. The molecule has 6 nitrogen and oxygen atoms in total. The Labute approximate surface area is 116 Å². The molecule has 0 unspecified atom stereocenters. The van der Waals surface area contributed by atoms with E-state index in [4.69, 9.17) is 16.3 Å². The summed E-state index contributed by atoms with van der Waals surface area (Å²) in [5.41, 5.74) is 1.98. The zero-order chi connectivity index (χ0) is 14.0. The van der Waals surface area contributed by atoms with E-state index in [-0.39, 0.29) is 13.2 Å². The van der Waals surface area contributed by atoms with Crippen molar-refractivity contribution in [2.45, 2.75) is 27.1 Å². The van der Waals surface area contributed by atoms with Crippen LogP contribution in [0, 0.1) is 13.8 Å². The Bertz CT molecular complexity index is 577. The van der Waals surface area contributed by atoms with Gasteiger partial charge in [0.2, 0.25) is 0 Å². The van der Waals surface area contributed by atoms with E-state index >= 15 is 0 Å². The van der Waals surface area contributed by atoms with Gasteiger partial charge in [-0.25, -0.2) is 14.6 Å². The van der Waals surface area contributed by atoms with E-state index in [1.165, 1.54) is 4.68 Å². The van der Waals surface area contributed by atoms with Crippen molar-refractivity contribution in [2.24, 2.45) is 0 Å². The van der Waals surface area contributed by atoms with Gasteiger partial charge < -0.3 is 9.84 Å². The molecule has 0 aliphatic heterocycles. The van der Waals surface area contributed by atoms with Gasteiger partial charge >= 0.3 is 0 Å². The molecule has 0 saturated heterocycles. The molecule has 1 N–H and O–H groups in total. The van der Waals surface area contributed by atoms with Gasteiger partial charge in [-0.05, 0) is 13.8 Å². The quantitative estimate of drug-likeness (QED) is 0.921. The molecule has 2 heterocycles. The van der Waals surface area contributed by atoms with Crippen LogP contribution in [0.25, 0.3) is 5.82 Å². The topological polar surface area (TPSA) is 73.1 Å². The lowest BCUT2D eigenvalue weighted by Gasteiger charge is -2.04. The van der Waals surface area contributed by atoms with Crippen LogP contribution in [-0.4, -0.2) is 32.0 Å². The van der Waals surface area contributed by atoms with Crippen molar-refractivity contribution in [3.8, 4) is 5.82 Å². The molecule has 0 spiro atoms. The van der Waals surface area contributed by atoms with Crippen LogP contribution >= 0.6 is 11.6 Å². The number of aliphatic hydroxyl groups is 1. The summed E-state index contributed by atoms with van der Waals surface area (Å²) in [7, 11) is 1.56. The highest BCUT2D eigenvalue weighted by molar-refractivity contribution is 6.30. The van der Waals surface area contributed by atoms with Gasteiger partial charge in [-0.3, -0.25) is 0 Å². The minimum atomic E-state index is -0.194. The molecule has 2 aromatic rings. The molecule has 0 aliphatic rings. The SMILES string of the molecule is COCc1nn(-c2cc(C)nc(C)n2)c(Cl)c1CO. The van der Waals surface area contributed by atoms with Crippen LogP contribution in [0.3, 0.4) is 0 Å². The normalized spacial score (nSPS) is 11.0. The smallest absolute Gasteiger partial charge is 0.159 e. The summed E-state index contributed by atoms with van der Waals surface area (Å²) >= 11 is 6.23. The van der Waals surface area contributed by atoms with E-state index < -0.39 is 0 Å². The van der Waals surface area contributed by atoms with Crippen molar-refractivity contribution in [3.05, 3.63) is 34.0 Å². The highest BCUT2D eigenvalue weighted by Gasteiger charge is 2.17. The predicted octanol–water partition coefficient (Wildman–Crippen LogP) is 1.57. The molecule has 0 amide bonds. The number of nitrogens with zero attached hydrogens (tertiary/aromatic N) is 4. The molecule has 0 aliphatic carbocycles. The molecule has 19 heavy (non-hydrogen) atoms. The van der Waals surface area contributed by atoms with Crippen LogP contribution in [0.4, 0.5) is 0 Å². The second kappa shape index (κ2) is 5.64. The van der Waals surface area contributed by atoms with Crippen molar-refractivity contribution in [1.82, 2.24) is 19.7 Å². The first-order valence-electron chi connectivity index (χ1n) is 5.75. The van der Waals surface area contributed by atoms with E-state index in [0.29, 0.717) is 28.1 Å². The summed E-state index contributed by atoms with van der Waals surface area (Å²) in [6.07, 6.45) is 0. The Morgan fingerprint density at radius 2 is 2.11 bits per heavy atom. The Morgan fingerprint density at radius 3 is 2.68 bits per heavy atom. The van der Waals surface area contributed by atoms with Gasteiger partial charge in [0.25, 0.3) is 0 Å². The number of methoxy groups -OCH3 is 1.